The van der Waals surface area contributed by atoms with E-state index in [-0.39, 0.29) is 0 Å². The van der Waals surface area contributed by atoms with Crippen molar-refractivity contribution >= 4 is 17.6 Å². The van der Waals surface area contributed by atoms with Crippen LogP contribution in [0.1, 0.15) is 0 Å². The second-order valence-corrected chi connectivity index (χ2v) is 3.26. The first-order valence-corrected chi connectivity index (χ1v) is 4.76. The Labute approximate surface area is 104 Å². The van der Waals surface area contributed by atoms with Crippen LogP contribution < -0.4 is 10.1 Å². The van der Waals surface area contributed by atoms with Gasteiger partial charge in [0.05, 0.1) is 5.69 Å². The largest absolute Gasteiger partial charge is 0.490 e. The van der Waals surface area contributed by atoms with Gasteiger partial charge in [-0.05, 0) is 12.1 Å². The van der Waals surface area contributed by atoms with E-state index in [1.165, 1.54) is 0 Å². The van der Waals surface area contributed by atoms with Crippen molar-refractivity contribution in [1.82, 2.24) is 0 Å². The summed E-state index contributed by atoms with van der Waals surface area (Å²) < 4.78 is 36.6. The molecule has 19 heavy (non-hydrogen) atoms. The van der Waals surface area contributed by atoms with Crippen molar-refractivity contribution in [2.45, 2.75) is 12.5 Å². The molecular weight excluding hydrogens is 271 g/mol. The summed E-state index contributed by atoms with van der Waals surface area (Å²) in [6.07, 6.45) is -6.47. The van der Waals surface area contributed by atoms with E-state index in [1.54, 1.807) is 24.3 Å². The quantitative estimate of drug-likeness (QED) is 0.657. The van der Waals surface area contributed by atoms with Gasteiger partial charge in [-0.15, -0.1) is 0 Å². The number of carboxylic acid groups (broad SMARTS) is 1. The molecule has 0 radical (unpaired) electrons. The molecule has 3 N–H and O–H groups in total. The summed E-state index contributed by atoms with van der Waals surface area (Å²) in [6, 6.07) is 6.93. The number of rotatable bonds is 0. The van der Waals surface area contributed by atoms with Crippen LogP contribution in [0.15, 0.2) is 24.3 Å². The highest BCUT2D eigenvalue weighted by molar-refractivity contribution is 5.96. The molecule has 0 aromatic heterocycles. The van der Waals surface area contributed by atoms with Crippen LogP contribution >= 0.6 is 0 Å². The molecule has 1 aliphatic heterocycles. The summed E-state index contributed by atoms with van der Waals surface area (Å²) in [4.78, 5) is 19.8. The van der Waals surface area contributed by atoms with E-state index in [2.05, 4.69) is 5.32 Å². The van der Waals surface area contributed by atoms with Crippen LogP contribution in [0.3, 0.4) is 0 Å². The van der Waals surface area contributed by atoms with E-state index in [9.17, 15) is 18.0 Å². The number of carbonyl (C=O) groups is 2. The standard InChI is InChI=1S/C8H7NO3.C2HF3O2/c10-7-8(11)12-6-4-2-1-3-5(6)9-7;3-2(4,5)1(6)7/h1-4,8,11H,(H,9,10);(H,6,7). The SMILES string of the molecule is O=C(O)C(F)(F)F.O=C1Nc2ccccc2OC1O. The normalized spacial score (nSPS) is 17.3. The number of para-hydroxylation sites is 2. The summed E-state index contributed by atoms with van der Waals surface area (Å²) in [5.74, 6) is -2.80. The average Bonchev–Trinajstić information content (AvgIpc) is 2.30. The van der Waals surface area contributed by atoms with E-state index in [4.69, 9.17) is 19.7 Å². The predicted octanol–water partition coefficient (Wildman–Crippen LogP) is 0.969. The molecule has 0 saturated heterocycles. The number of halogens is 3. The Morgan fingerprint density at radius 2 is 1.84 bits per heavy atom. The smallest absolute Gasteiger partial charge is 0.475 e. The number of amides is 1. The molecule has 1 aromatic carbocycles. The summed E-state index contributed by atoms with van der Waals surface area (Å²) in [5, 5.41) is 18.6. The van der Waals surface area contributed by atoms with E-state index < -0.39 is 24.3 Å². The first kappa shape index (κ1) is 14.8. The second kappa shape index (κ2) is 5.57. The van der Waals surface area contributed by atoms with Crippen LogP contribution in [0.5, 0.6) is 5.75 Å². The van der Waals surface area contributed by atoms with Gasteiger partial charge in [-0.3, -0.25) is 4.79 Å². The lowest BCUT2D eigenvalue weighted by Crippen LogP contribution is -2.36. The maximum absolute atomic E-state index is 10.9. The summed E-state index contributed by atoms with van der Waals surface area (Å²) in [7, 11) is 0. The molecule has 1 aromatic rings. The van der Waals surface area contributed by atoms with Crippen molar-refractivity contribution in [3.63, 3.8) is 0 Å². The molecule has 1 atom stereocenters. The van der Waals surface area contributed by atoms with Crippen molar-refractivity contribution in [1.29, 1.82) is 0 Å². The van der Waals surface area contributed by atoms with Gasteiger partial charge in [0, 0.05) is 0 Å². The van der Waals surface area contributed by atoms with Gasteiger partial charge in [0.15, 0.2) is 0 Å². The lowest BCUT2D eigenvalue weighted by Gasteiger charge is -2.21. The van der Waals surface area contributed by atoms with Crippen LogP contribution in [0.4, 0.5) is 18.9 Å². The Kier molecular flexibility index (Phi) is 4.33. The average molecular weight is 279 g/mol. The van der Waals surface area contributed by atoms with Crippen molar-refractivity contribution in [2.24, 2.45) is 0 Å². The zero-order chi connectivity index (χ0) is 14.6. The molecular formula is C10H8F3NO5. The van der Waals surface area contributed by atoms with Crippen LogP contribution in [-0.4, -0.2) is 34.6 Å². The highest BCUT2D eigenvalue weighted by atomic mass is 19.4. The van der Waals surface area contributed by atoms with Gasteiger partial charge >= 0.3 is 12.1 Å². The number of anilines is 1. The fourth-order valence-corrected chi connectivity index (χ4v) is 1.04. The number of alkyl halides is 3. The minimum absolute atomic E-state index is 0.490. The van der Waals surface area contributed by atoms with E-state index in [1.807, 2.05) is 0 Å². The maximum atomic E-state index is 10.9. The lowest BCUT2D eigenvalue weighted by atomic mass is 10.2. The first-order valence-electron chi connectivity index (χ1n) is 4.76. The fraction of sp³-hybridized carbons (Fsp3) is 0.200. The van der Waals surface area contributed by atoms with Gasteiger partial charge in [0.1, 0.15) is 5.75 Å². The number of fused-ring (bicyclic) bond motifs is 1. The van der Waals surface area contributed by atoms with Gasteiger partial charge in [0.25, 0.3) is 12.2 Å². The number of aliphatic hydroxyl groups excluding tert-OH is 1. The van der Waals surface area contributed by atoms with Crippen LogP contribution in [0.25, 0.3) is 0 Å². The molecule has 1 unspecified atom stereocenters. The van der Waals surface area contributed by atoms with Gasteiger partial charge < -0.3 is 20.3 Å². The van der Waals surface area contributed by atoms with Gasteiger partial charge in [0.2, 0.25) is 0 Å². The second-order valence-electron chi connectivity index (χ2n) is 3.26. The highest BCUT2D eigenvalue weighted by Gasteiger charge is 2.38. The Morgan fingerprint density at radius 1 is 1.32 bits per heavy atom. The van der Waals surface area contributed by atoms with Crippen molar-refractivity contribution in [2.75, 3.05) is 5.32 Å². The Balaban J connectivity index is 0.000000224. The third-order valence-corrected chi connectivity index (χ3v) is 1.85. The van der Waals surface area contributed by atoms with Gasteiger partial charge in [-0.2, -0.15) is 13.2 Å². The molecule has 9 heteroatoms. The fourth-order valence-electron chi connectivity index (χ4n) is 1.04. The zero-order valence-corrected chi connectivity index (χ0v) is 9.14. The molecule has 6 nitrogen and oxygen atoms in total. The summed E-state index contributed by atoms with van der Waals surface area (Å²) in [6.45, 7) is 0. The topological polar surface area (TPSA) is 95.9 Å². The summed E-state index contributed by atoms with van der Waals surface area (Å²) >= 11 is 0. The van der Waals surface area contributed by atoms with E-state index >= 15 is 0 Å². The number of hydrogen-bond acceptors (Lipinski definition) is 4. The Morgan fingerprint density at radius 3 is 2.37 bits per heavy atom. The van der Waals surface area contributed by atoms with Gasteiger partial charge in [-0.25, -0.2) is 4.79 Å². The molecule has 104 valence electrons. The van der Waals surface area contributed by atoms with Crippen molar-refractivity contribution < 1.29 is 37.7 Å². The molecule has 0 bridgehead atoms. The Bertz CT molecular complexity index is 488. The Hall–Kier alpha value is -2.29. The summed E-state index contributed by atoms with van der Waals surface area (Å²) in [5.41, 5.74) is 0.591. The first-order chi connectivity index (χ1) is 8.71. The highest BCUT2D eigenvalue weighted by Crippen LogP contribution is 2.27. The third-order valence-electron chi connectivity index (χ3n) is 1.85. The number of carboxylic acids is 1. The molecule has 0 fully saturated rings. The number of aliphatic carboxylic acids is 1. The lowest BCUT2D eigenvalue weighted by molar-refractivity contribution is -0.192. The van der Waals surface area contributed by atoms with Gasteiger partial charge in [-0.1, -0.05) is 12.1 Å². The molecule has 0 aliphatic carbocycles. The van der Waals surface area contributed by atoms with Crippen LogP contribution in [0.2, 0.25) is 0 Å². The minimum atomic E-state index is -5.08. The molecule has 0 spiro atoms. The zero-order valence-electron chi connectivity index (χ0n) is 9.14. The molecule has 1 heterocycles. The van der Waals surface area contributed by atoms with Crippen molar-refractivity contribution in [3.05, 3.63) is 24.3 Å². The van der Waals surface area contributed by atoms with Crippen molar-refractivity contribution in [3.8, 4) is 5.75 Å². The minimum Gasteiger partial charge on any atom is -0.475 e. The monoisotopic (exact) mass is 279 g/mol. The molecule has 2 rings (SSSR count). The van der Waals surface area contributed by atoms with Crippen LogP contribution in [-0.2, 0) is 9.59 Å². The molecule has 0 saturated carbocycles. The number of ether oxygens (including phenoxy) is 1. The number of aliphatic hydroxyl groups is 1. The van der Waals surface area contributed by atoms with E-state index in [0.717, 1.165) is 0 Å². The molecule has 1 aliphatic rings. The number of benzene rings is 1. The van der Waals surface area contributed by atoms with E-state index in [0.29, 0.717) is 11.4 Å². The number of hydrogen-bond donors (Lipinski definition) is 3. The maximum Gasteiger partial charge on any atom is 0.490 e. The number of nitrogens with one attached hydrogen (secondary N) is 1. The van der Waals surface area contributed by atoms with Crippen LogP contribution in [0, 0.1) is 0 Å². The number of carbonyl (C=O) groups excluding carboxylic acids is 1. The third kappa shape index (κ3) is 4.14. The molecule has 1 amide bonds. The predicted molar refractivity (Wildman–Crippen MR) is 55.4 cm³/mol.